The lowest BCUT2D eigenvalue weighted by molar-refractivity contribution is -0.133. The van der Waals surface area contributed by atoms with Gasteiger partial charge in [0, 0.05) is 32.8 Å². The van der Waals surface area contributed by atoms with Crippen LogP contribution in [0.3, 0.4) is 0 Å². The molecule has 0 aromatic carbocycles. The maximum atomic E-state index is 11.7. The molecule has 0 unspecified atom stereocenters. The van der Waals surface area contributed by atoms with Crippen LogP contribution in [0.15, 0.2) is 0 Å². The molecule has 15 heavy (non-hydrogen) atoms. The molecule has 0 atom stereocenters. The van der Waals surface area contributed by atoms with Gasteiger partial charge in [0.15, 0.2) is 0 Å². The highest BCUT2D eigenvalue weighted by atomic mass is 16.5. The molecule has 1 saturated heterocycles. The molecule has 1 rings (SSSR count). The Hall–Kier alpha value is -0.610. The van der Waals surface area contributed by atoms with Crippen LogP contribution < -0.4 is 5.32 Å². The quantitative estimate of drug-likeness (QED) is 0.677. The fraction of sp³-hybridized carbons (Fsp3) is 0.909. The Balaban J connectivity index is 2.07. The number of rotatable bonds is 5. The third kappa shape index (κ3) is 5.14. The fourth-order valence-electron chi connectivity index (χ4n) is 1.55. The number of carbonyl (C=O) groups is 1. The van der Waals surface area contributed by atoms with Gasteiger partial charge >= 0.3 is 0 Å². The molecular weight excluding hydrogens is 192 g/mol. The number of amides is 1. The van der Waals surface area contributed by atoms with E-state index in [2.05, 4.69) is 19.2 Å². The van der Waals surface area contributed by atoms with Gasteiger partial charge in [-0.05, 0) is 5.92 Å². The predicted molar refractivity (Wildman–Crippen MR) is 59.7 cm³/mol. The second-order valence-electron chi connectivity index (χ2n) is 4.35. The lowest BCUT2D eigenvalue weighted by Gasteiger charge is -2.27. The minimum Gasteiger partial charge on any atom is -0.381 e. The molecule has 1 N–H and O–H groups in total. The molecule has 0 saturated carbocycles. The van der Waals surface area contributed by atoms with Crippen molar-refractivity contribution in [3.8, 4) is 0 Å². The van der Waals surface area contributed by atoms with E-state index in [1.807, 2.05) is 4.90 Å². The number of nitrogens with zero attached hydrogens (tertiary/aromatic N) is 1. The van der Waals surface area contributed by atoms with Crippen molar-refractivity contribution < 1.29 is 9.53 Å². The van der Waals surface area contributed by atoms with Crippen LogP contribution in [0.1, 0.15) is 20.3 Å². The minimum absolute atomic E-state index is 0.222. The van der Waals surface area contributed by atoms with Gasteiger partial charge in [-0.1, -0.05) is 13.8 Å². The minimum atomic E-state index is 0.222. The van der Waals surface area contributed by atoms with E-state index in [9.17, 15) is 4.79 Å². The number of piperazine rings is 1. The lowest BCUT2D eigenvalue weighted by Crippen LogP contribution is -2.46. The molecular formula is C11H22N2O2. The van der Waals surface area contributed by atoms with Gasteiger partial charge < -0.3 is 15.0 Å². The molecule has 4 nitrogen and oxygen atoms in total. The molecule has 0 aliphatic carbocycles. The molecule has 0 aromatic heterocycles. The van der Waals surface area contributed by atoms with Gasteiger partial charge in [-0.15, -0.1) is 0 Å². The summed E-state index contributed by atoms with van der Waals surface area (Å²) in [5.41, 5.74) is 0. The summed E-state index contributed by atoms with van der Waals surface area (Å²) in [6.45, 7) is 9.02. The zero-order chi connectivity index (χ0) is 11.1. The zero-order valence-electron chi connectivity index (χ0n) is 9.79. The van der Waals surface area contributed by atoms with Crippen molar-refractivity contribution in [2.45, 2.75) is 20.3 Å². The zero-order valence-corrected chi connectivity index (χ0v) is 9.79. The van der Waals surface area contributed by atoms with Gasteiger partial charge in [0.25, 0.3) is 0 Å². The van der Waals surface area contributed by atoms with E-state index in [-0.39, 0.29) is 5.91 Å². The Morgan fingerprint density at radius 1 is 1.40 bits per heavy atom. The summed E-state index contributed by atoms with van der Waals surface area (Å²) in [5, 5.41) is 3.23. The van der Waals surface area contributed by atoms with Crippen LogP contribution >= 0.6 is 0 Å². The SMILES string of the molecule is CC(C)COCCC(=O)N1CCNCC1. The van der Waals surface area contributed by atoms with Crippen LogP contribution in [0.4, 0.5) is 0 Å². The van der Waals surface area contributed by atoms with E-state index in [1.165, 1.54) is 0 Å². The Labute approximate surface area is 92.0 Å². The van der Waals surface area contributed by atoms with Crippen molar-refractivity contribution in [3.05, 3.63) is 0 Å². The maximum Gasteiger partial charge on any atom is 0.224 e. The standard InChI is InChI=1S/C11H22N2O2/c1-10(2)9-15-8-3-11(14)13-6-4-12-5-7-13/h10,12H,3-9H2,1-2H3. The monoisotopic (exact) mass is 214 g/mol. The first-order valence-electron chi connectivity index (χ1n) is 5.76. The highest BCUT2D eigenvalue weighted by Crippen LogP contribution is 1.99. The molecule has 0 spiro atoms. The average molecular weight is 214 g/mol. The van der Waals surface area contributed by atoms with E-state index in [0.717, 1.165) is 32.8 Å². The van der Waals surface area contributed by atoms with Gasteiger partial charge in [-0.25, -0.2) is 0 Å². The number of hydrogen-bond donors (Lipinski definition) is 1. The smallest absolute Gasteiger partial charge is 0.224 e. The van der Waals surface area contributed by atoms with Crippen molar-refractivity contribution in [2.24, 2.45) is 5.92 Å². The molecule has 88 valence electrons. The third-order valence-electron chi connectivity index (χ3n) is 2.38. The predicted octanol–water partition coefficient (Wildman–Crippen LogP) is 0.481. The van der Waals surface area contributed by atoms with Crippen molar-refractivity contribution >= 4 is 5.91 Å². The van der Waals surface area contributed by atoms with Gasteiger partial charge in [0.05, 0.1) is 13.0 Å². The summed E-state index contributed by atoms with van der Waals surface area (Å²) in [5.74, 6) is 0.763. The molecule has 4 heteroatoms. The number of nitrogens with one attached hydrogen (secondary N) is 1. The summed E-state index contributed by atoms with van der Waals surface area (Å²) in [4.78, 5) is 13.6. The van der Waals surface area contributed by atoms with E-state index in [0.29, 0.717) is 18.9 Å². The fourth-order valence-corrected chi connectivity index (χ4v) is 1.55. The molecule has 0 aromatic rings. The third-order valence-corrected chi connectivity index (χ3v) is 2.38. The van der Waals surface area contributed by atoms with Crippen LogP contribution in [-0.2, 0) is 9.53 Å². The first kappa shape index (κ1) is 12.5. The summed E-state index contributed by atoms with van der Waals surface area (Å²) >= 11 is 0. The molecule has 0 bridgehead atoms. The summed E-state index contributed by atoms with van der Waals surface area (Å²) in [7, 11) is 0. The largest absolute Gasteiger partial charge is 0.381 e. The van der Waals surface area contributed by atoms with E-state index >= 15 is 0 Å². The van der Waals surface area contributed by atoms with Crippen molar-refractivity contribution in [2.75, 3.05) is 39.4 Å². The van der Waals surface area contributed by atoms with Crippen LogP contribution in [0.25, 0.3) is 0 Å². The van der Waals surface area contributed by atoms with Gasteiger partial charge in [-0.3, -0.25) is 4.79 Å². The van der Waals surface area contributed by atoms with Gasteiger partial charge in [0.1, 0.15) is 0 Å². The molecule has 1 heterocycles. The highest BCUT2D eigenvalue weighted by Gasteiger charge is 2.15. The van der Waals surface area contributed by atoms with Crippen molar-refractivity contribution in [3.63, 3.8) is 0 Å². The van der Waals surface area contributed by atoms with Gasteiger partial charge in [0.2, 0.25) is 5.91 Å². The van der Waals surface area contributed by atoms with Crippen LogP contribution in [0, 0.1) is 5.92 Å². The second-order valence-corrected chi connectivity index (χ2v) is 4.35. The molecule has 1 aliphatic rings. The topological polar surface area (TPSA) is 41.6 Å². The summed E-state index contributed by atoms with van der Waals surface area (Å²) in [6.07, 6.45) is 0.521. The lowest BCUT2D eigenvalue weighted by atomic mass is 10.2. The van der Waals surface area contributed by atoms with Crippen LogP contribution in [0.2, 0.25) is 0 Å². The Bertz CT molecular complexity index is 189. The number of hydrogen-bond acceptors (Lipinski definition) is 3. The second kappa shape index (κ2) is 6.80. The Morgan fingerprint density at radius 3 is 2.67 bits per heavy atom. The normalized spacial score (nSPS) is 17.1. The number of carbonyl (C=O) groups excluding carboxylic acids is 1. The first-order chi connectivity index (χ1) is 7.20. The molecule has 1 aliphatic heterocycles. The Morgan fingerprint density at radius 2 is 2.07 bits per heavy atom. The summed E-state index contributed by atoms with van der Waals surface area (Å²) in [6, 6.07) is 0. The Kier molecular flexibility index (Phi) is 5.65. The number of ether oxygens (including phenoxy) is 1. The first-order valence-corrected chi connectivity index (χ1v) is 5.76. The summed E-state index contributed by atoms with van der Waals surface area (Å²) < 4.78 is 5.39. The molecule has 0 radical (unpaired) electrons. The van der Waals surface area contributed by atoms with Crippen LogP contribution in [0.5, 0.6) is 0 Å². The molecule has 1 amide bonds. The average Bonchev–Trinajstić information content (AvgIpc) is 2.25. The van der Waals surface area contributed by atoms with Crippen molar-refractivity contribution in [1.82, 2.24) is 10.2 Å². The van der Waals surface area contributed by atoms with E-state index in [1.54, 1.807) is 0 Å². The highest BCUT2D eigenvalue weighted by molar-refractivity contribution is 5.76. The van der Waals surface area contributed by atoms with Gasteiger partial charge in [-0.2, -0.15) is 0 Å². The van der Waals surface area contributed by atoms with Crippen LogP contribution in [-0.4, -0.2) is 50.2 Å². The van der Waals surface area contributed by atoms with Crippen molar-refractivity contribution in [1.29, 1.82) is 0 Å². The van der Waals surface area contributed by atoms with E-state index in [4.69, 9.17) is 4.74 Å². The molecule has 1 fully saturated rings. The van der Waals surface area contributed by atoms with E-state index < -0.39 is 0 Å². The maximum absolute atomic E-state index is 11.7.